The average molecular weight is 504 g/mol. The second-order valence-corrected chi connectivity index (χ2v) is 9.29. The number of nitrogen functional groups attached to an aromatic ring is 1. The number of pyridine rings is 1. The van der Waals surface area contributed by atoms with Crippen LogP contribution in [-0.4, -0.2) is 96.4 Å². The Balaban J connectivity index is 1.30. The first-order chi connectivity index (χ1) is 18.1. The summed E-state index contributed by atoms with van der Waals surface area (Å²) in [5, 5.41) is 9.15. The van der Waals surface area contributed by atoms with E-state index in [0.29, 0.717) is 18.9 Å². The third kappa shape index (κ3) is 5.87. The molecule has 2 aliphatic heterocycles. The molecule has 0 atom stereocenters. The van der Waals surface area contributed by atoms with Gasteiger partial charge in [-0.3, -0.25) is 14.7 Å². The Morgan fingerprint density at radius 3 is 2.46 bits per heavy atom. The largest absolute Gasteiger partial charge is 0.395 e. The van der Waals surface area contributed by atoms with Crippen molar-refractivity contribution in [2.45, 2.75) is 6.42 Å². The van der Waals surface area contributed by atoms with E-state index in [9.17, 15) is 4.79 Å². The van der Waals surface area contributed by atoms with Gasteiger partial charge in [0.05, 0.1) is 31.7 Å². The summed E-state index contributed by atoms with van der Waals surface area (Å²) < 4.78 is 5.47. The summed E-state index contributed by atoms with van der Waals surface area (Å²) in [6, 6.07) is 10.1. The van der Waals surface area contributed by atoms with Crippen molar-refractivity contribution in [3.8, 4) is 11.3 Å². The van der Waals surface area contributed by atoms with E-state index in [1.54, 1.807) is 18.6 Å². The van der Waals surface area contributed by atoms with Crippen molar-refractivity contribution < 1.29 is 14.6 Å². The van der Waals surface area contributed by atoms with Crippen LogP contribution in [0.2, 0.25) is 0 Å². The average Bonchev–Trinajstić information content (AvgIpc) is 2.95. The number of morpholine rings is 1. The number of ketones is 1. The maximum Gasteiger partial charge on any atom is 0.189 e. The SMILES string of the molecule is Nc1ncc(-c2ccc(N3CCN(CCO)CC3)cc2)nc1C(=O)Cc1cnccc1N1CCOCC1. The number of carbonyl (C=O) groups is 1. The highest BCUT2D eigenvalue weighted by atomic mass is 16.5. The number of nitrogens with two attached hydrogens (primary N) is 1. The molecule has 1 aromatic carbocycles. The first kappa shape index (κ1) is 25.1. The van der Waals surface area contributed by atoms with Crippen LogP contribution in [0.25, 0.3) is 11.3 Å². The zero-order valence-electron chi connectivity index (χ0n) is 20.9. The Morgan fingerprint density at radius 1 is 0.973 bits per heavy atom. The van der Waals surface area contributed by atoms with E-state index in [-0.39, 0.29) is 30.3 Å². The van der Waals surface area contributed by atoms with E-state index in [1.807, 2.05) is 18.2 Å². The number of hydrogen-bond donors (Lipinski definition) is 2. The molecule has 0 unspecified atom stereocenters. The number of aromatic nitrogens is 3. The minimum atomic E-state index is -0.188. The Labute approximate surface area is 216 Å². The number of anilines is 3. The molecule has 0 spiro atoms. The lowest BCUT2D eigenvalue weighted by molar-refractivity contribution is 0.0988. The second-order valence-electron chi connectivity index (χ2n) is 9.29. The van der Waals surface area contributed by atoms with Crippen LogP contribution in [0.15, 0.2) is 48.9 Å². The number of Topliss-reactive ketones (excluding diaryl/α,β-unsaturated/α-hetero) is 1. The van der Waals surface area contributed by atoms with Gasteiger partial charge in [0, 0.05) is 87.1 Å². The maximum absolute atomic E-state index is 13.3. The van der Waals surface area contributed by atoms with Crippen molar-refractivity contribution in [1.29, 1.82) is 0 Å². The molecule has 0 aliphatic carbocycles. The quantitative estimate of drug-likeness (QED) is 0.438. The molecule has 3 N–H and O–H groups in total. The molecule has 0 radical (unpaired) electrons. The van der Waals surface area contributed by atoms with Crippen LogP contribution in [-0.2, 0) is 11.2 Å². The number of piperazine rings is 1. The summed E-state index contributed by atoms with van der Waals surface area (Å²) in [6.07, 6.45) is 5.23. The first-order valence-electron chi connectivity index (χ1n) is 12.7. The lowest BCUT2D eigenvalue weighted by Crippen LogP contribution is -2.47. The van der Waals surface area contributed by atoms with Gasteiger partial charge in [0.15, 0.2) is 11.6 Å². The van der Waals surface area contributed by atoms with Crippen LogP contribution in [0, 0.1) is 0 Å². The predicted octanol–water partition coefficient (Wildman–Crippen LogP) is 1.50. The summed E-state index contributed by atoms with van der Waals surface area (Å²) >= 11 is 0. The molecule has 3 aromatic rings. The van der Waals surface area contributed by atoms with Gasteiger partial charge >= 0.3 is 0 Å². The normalized spacial score (nSPS) is 16.7. The molecule has 2 fully saturated rings. The van der Waals surface area contributed by atoms with Crippen molar-refractivity contribution >= 4 is 23.0 Å². The van der Waals surface area contributed by atoms with Crippen molar-refractivity contribution in [3.63, 3.8) is 0 Å². The number of ether oxygens (including phenoxy) is 1. The molecule has 10 heteroatoms. The Hall–Kier alpha value is -3.60. The first-order valence-corrected chi connectivity index (χ1v) is 12.7. The van der Waals surface area contributed by atoms with Gasteiger partial charge in [0.1, 0.15) is 5.69 Å². The maximum atomic E-state index is 13.3. The van der Waals surface area contributed by atoms with Crippen LogP contribution < -0.4 is 15.5 Å². The molecule has 0 amide bonds. The third-order valence-corrected chi connectivity index (χ3v) is 6.96. The van der Waals surface area contributed by atoms with E-state index in [0.717, 1.165) is 68.3 Å². The fourth-order valence-electron chi connectivity index (χ4n) is 4.88. The van der Waals surface area contributed by atoms with Gasteiger partial charge in [-0.2, -0.15) is 0 Å². The number of benzene rings is 1. The molecule has 10 nitrogen and oxygen atoms in total. The van der Waals surface area contributed by atoms with E-state index in [2.05, 4.69) is 41.8 Å². The number of aliphatic hydroxyl groups excluding tert-OH is 1. The zero-order chi connectivity index (χ0) is 25.6. The highest BCUT2D eigenvalue weighted by molar-refractivity contribution is 6.00. The standard InChI is InChI=1S/C27H33N7O3/c28-27-26(25(36)17-21-18-29-6-5-24(21)34-12-15-37-16-13-34)31-23(19-30-27)20-1-3-22(4-2-20)33-9-7-32(8-10-33)11-14-35/h1-6,18-19,35H,7-17H2,(H2,28,30). The molecule has 0 saturated carbocycles. The lowest BCUT2D eigenvalue weighted by atomic mass is 10.1. The highest BCUT2D eigenvalue weighted by Crippen LogP contribution is 2.26. The third-order valence-electron chi connectivity index (χ3n) is 6.96. The van der Waals surface area contributed by atoms with Crippen LogP contribution in [0.5, 0.6) is 0 Å². The number of β-amino-alcohol motifs (C(OH)–C–C–N with tert-alkyl or cyclic N) is 1. The molecule has 37 heavy (non-hydrogen) atoms. The fourth-order valence-corrected chi connectivity index (χ4v) is 4.88. The summed E-state index contributed by atoms with van der Waals surface area (Å²) in [5.41, 5.74) is 10.7. The van der Waals surface area contributed by atoms with E-state index >= 15 is 0 Å². The molecule has 2 aliphatic rings. The van der Waals surface area contributed by atoms with E-state index in [1.165, 1.54) is 0 Å². The smallest absolute Gasteiger partial charge is 0.189 e. The number of hydrogen-bond acceptors (Lipinski definition) is 10. The van der Waals surface area contributed by atoms with Gasteiger partial charge < -0.3 is 25.4 Å². The summed E-state index contributed by atoms with van der Waals surface area (Å²) in [6.45, 7) is 7.49. The van der Waals surface area contributed by atoms with E-state index in [4.69, 9.17) is 15.6 Å². The van der Waals surface area contributed by atoms with Gasteiger partial charge in [-0.05, 0) is 18.2 Å². The fraction of sp³-hybridized carbons (Fsp3) is 0.407. The van der Waals surface area contributed by atoms with Crippen molar-refractivity contribution in [1.82, 2.24) is 19.9 Å². The molecule has 4 heterocycles. The zero-order valence-corrected chi connectivity index (χ0v) is 20.9. The second kappa shape index (κ2) is 11.6. The molecule has 2 aromatic heterocycles. The van der Waals surface area contributed by atoms with Gasteiger partial charge in [-0.25, -0.2) is 9.97 Å². The molecule has 2 saturated heterocycles. The van der Waals surface area contributed by atoms with Crippen molar-refractivity contribution in [2.75, 3.05) is 81.2 Å². The summed E-state index contributed by atoms with van der Waals surface area (Å²) in [4.78, 5) is 33.3. The van der Waals surface area contributed by atoms with Crippen LogP contribution in [0.1, 0.15) is 16.1 Å². The number of carbonyl (C=O) groups excluding carboxylic acids is 1. The minimum absolute atomic E-state index is 0.128. The van der Waals surface area contributed by atoms with E-state index < -0.39 is 0 Å². The molecular weight excluding hydrogens is 470 g/mol. The lowest BCUT2D eigenvalue weighted by Gasteiger charge is -2.35. The van der Waals surface area contributed by atoms with Gasteiger partial charge in [-0.1, -0.05) is 12.1 Å². The van der Waals surface area contributed by atoms with Crippen LogP contribution in [0.4, 0.5) is 17.2 Å². The van der Waals surface area contributed by atoms with Crippen LogP contribution >= 0.6 is 0 Å². The van der Waals surface area contributed by atoms with Crippen LogP contribution in [0.3, 0.4) is 0 Å². The van der Waals surface area contributed by atoms with Gasteiger partial charge in [0.25, 0.3) is 0 Å². The monoisotopic (exact) mass is 503 g/mol. The van der Waals surface area contributed by atoms with Crippen molar-refractivity contribution in [2.24, 2.45) is 0 Å². The molecule has 0 bridgehead atoms. The number of rotatable bonds is 8. The molecular formula is C27H33N7O3. The highest BCUT2D eigenvalue weighted by Gasteiger charge is 2.21. The van der Waals surface area contributed by atoms with Gasteiger partial charge in [-0.15, -0.1) is 0 Å². The van der Waals surface area contributed by atoms with Crippen molar-refractivity contribution in [3.05, 3.63) is 60.2 Å². The Morgan fingerprint density at radius 2 is 1.73 bits per heavy atom. The minimum Gasteiger partial charge on any atom is -0.395 e. The molecule has 194 valence electrons. The molecule has 5 rings (SSSR count). The topological polar surface area (TPSA) is 121 Å². The number of aliphatic hydroxyl groups is 1. The Bertz CT molecular complexity index is 1210. The summed E-state index contributed by atoms with van der Waals surface area (Å²) in [7, 11) is 0. The predicted molar refractivity (Wildman–Crippen MR) is 143 cm³/mol. The van der Waals surface area contributed by atoms with Gasteiger partial charge in [0.2, 0.25) is 0 Å². The Kier molecular flexibility index (Phi) is 7.88. The number of nitrogens with zero attached hydrogens (tertiary/aromatic N) is 6. The summed E-state index contributed by atoms with van der Waals surface area (Å²) in [5.74, 6) is -0.0605.